The number of furan rings is 1. The van der Waals surface area contributed by atoms with Gasteiger partial charge in [-0.05, 0) is 122 Å². The summed E-state index contributed by atoms with van der Waals surface area (Å²) < 4.78 is 8.48. The Hall–Kier alpha value is -7.42. The number of rotatable bonds is 6. The maximum atomic E-state index is 6.09. The van der Waals surface area contributed by atoms with Crippen LogP contribution in [0, 0.1) is 0 Å². The van der Waals surface area contributed by atoms with Gasteiger partial charge in [0.2, 0.25) is 0 Å². The van der Waals surface area contributed by atoms with E-state index in [1.807, 2.05) is 12.1 Å². The molecule has 0 saturated carbocycles. The average molecular weight is 714 g/mol. The molecule has 0 aliphatic heterocycles. The first-order chi connectivity index (χ1) is 27.7. The van der Waals surface area contributed by atoms with Crippen LogP contribution >= 0.6 is 0 Å². The van der Waals surface area contributed by atoms with E-state index in [-0.39, 0.29) is 0 Å². The zero-order chi connectivity index (χ0) is 37.0. The number of aromatic nitrogens is 1. The summed E-state index contributed by atoms with van der Waals surface area (Å²) in [5.41, 5.74) is 17.4. The summed E-state index contributed by atoms with van der Waals surface area (Å²) in [6.07, 6.45) is 0. The van der Waals surface area contributed by atoms with Gasteiger partial charge in [-0.25, -0.2) is 0 Å². The van der Waals surface area contributed by atoms with Gasteiger partial charge in [0.15, 0.2) is 0 Å². The molecule has 0 amide bonds. The Morgan fingerprint density at radius 2 is 0.679 bits per heavy atom. The zero-order valence-corrected chi connectivity index (χ0v) is 30.6. The average Bonchev–Trinajstić information content (AvgIpc) is 3.82. The van der Waals surface area contributed by atoms with Crippen molar-refractivity contribution < 1.29 is 4.42 Å². The highest BCUT2D eigenvalue weighted by Gasteiger charge is 2.15. The number of nitrogens with zero attached hydrogens (tertiary/aromatic N) is 1. The minimum absolute atomic E-state index is 0.915. The summed E-state index contributed by atoms with van der Waals surface area (Å²) in [6, 6.07) is 76.5. The standard InChI is InChI=1S/C54H35NO/c1-2-11-36(12-3-1)38-13-8-15-40(31-38)41-16-10-18-43(33-41)44-25-29-52-49(34-44)47-19-4-6-21-51(47)55(52)46-27-23-37(24-28-46)39-14-9-17-42(32-39)45-26-30-54-50(35-45)48-20-5-7-22-53(48)56-54/h1-35H. The van der Waals surface area contributed by atoms with Crippen LogP contribution in [0.2, 0.25) is 0 Å². The SMILES string of the molecule is c1ccc(-c2cccc(-c3cccc(-c4ccc5c(c4)c4ccccc4n5-c4ccc(-c5cccc(-c6ccc7oc8ccccc8c7c6)c5)cc4)c3)c2)cc1. The Morgan fingerprint density at radius 1 is 0.250 bits per heavy atom. The van der Waals surface area contributed by atoms with Gasteiger partial charge >= 0.3 is 0 Å². The second-order valence-corrected chi connectivity index (χ2v) is 14.5. The van der Waals surface area contributed by atoms with Crippen molar-refractivity contribution in [3.63, 3.8) is 0 Å². The van der Waals surface area contributed by atoms with Crippen LogP contribution in [-0.4, -0.2) is 4.57 Å². The third-order valence-electron chi connectivity index (χ3n) is 11.2. The van der Waals surface area contributed by atoms with Crippen LogP contribution in [-0.2, 0) is 0 Å². The fraction of sp³-hybridized carbons (Fsp3) is 0. The van der Waals surface area contributed by atoms with Crippen molar-refractivity contribution in [2.45, 2.75) is 0 Å². The lowest BCUT2D eigenvalue weighted by molar-refractivity contribution is 0.669. The monoisotopic (exact) mass is 713 g/mol. The Balaban J connectivity index is 0.930. The van der Waals surface area contributed by atoms with Crippen molar-refractivity contribution in [3.05, 3.63) is 212 Å². The molecule has 9 aromatic carbocycles. The van der Waals surface area contributed by atoms with Crippen LogP contribution < -0.4 is 0 Å². The highest BCUT2D eigenvalue weighted by molar-refractivity contribution is 6.10. The summed E-state index contributed by atoms with van der Waals surface area (Å²) in [7, 11) is 0. The van der Waals surface area contributed by atoms with Crippen LogP contribution in [0.3, 0.4) is 0 Å². The molecule has 0 unspecified atom stereocenters. The van der Waals surface area contributed by atoms with E-state index in [0.717, 1.165) is 27.6 Å². The third-order valence-corrected chi connectivity index (χ3v) is 11.2. The van der Waals surface area contributed by atoms with Crippen LogP contribution in [0.25, 0.3) is 105 Å². The van der Waals surface area contributed by atoms with Gasteiger partial charge in [-0.3, -0.25) is 0 Å². The summed E-state index contributed by atoms with van der Waals surface area (Å²) >= 11 is 0. The molecule has 2 heteroatoms. The van der Waals surface area contributed by atoms with Crippen molar-refractivity contribution in [2.24, 2.45) is 0 Å². The molecule has 2 aromatic heterocycles. The molecular weight excluding hydrogens is 679 g/mol. The van der Waals surface area contributed by atoms with E-state index in [9.17, 15) is 0 Å². The number of hydrogen-bond donors (Lipinski definition) is 0. The van der Waals surface area contributed by atoms with Crippen molar-refractivity contribution in [1.82, 2.24) is 4.57 Å². The number of benzene rings is 9. The lowest BCUT2D eigenvalue weighted by atomic mass is 9.96. The van der Waals surface area contributed by atoms with Crippen LogP contribution in [0.4, 0.5) is 0 Å². The molecule has 0 spiro atoms. The van der Waals surface area contributed by atoms with E-state index in [2.05, 4.69) is 205 Å². The normalized spacial score (nSPS) is 11.6. The summed E-state index contributed by atoms with van der Waals surface area (Å²) in [4.78, 5) is 0. The summed E-state index contributed by atoms with van der Waals surface area (Å²) in [5, 5.41) is 4.78. The molecule has 262 valence electrons. The van der Waals surface area contributed by atoms with Gasteiger partial charge < -0.3 is 8.98 Å². The smallest absolute Gasteiger partial charge is 0.135 e. The maximum absolute atomic E-state index is 6.09. The molecule has 0 bridgehead atoms. The first kappa shape index (κ1) is 32.0. The van der Waals surface area contributed by atoms with Crippen LogP contribution in [0.1, 0.15) is 0 Å². The first-order valence-corrected chi connectivity index (χ1v) is 19.2. The van der Waals surface area contributed by atoms with Crippen molar-refractivity contribution >= 4 is 43.7 Å². The Bertz CT molecular complexity index is 3240. The van der Waals surface area contributed by atoms with Crippen molar-refractivity contribution in [3.8, 4) is 61.3 Å². The minimum Gasteiger partial charge on any atom is -0.456 e. The lowest BCUT2D eigenvalue weighted by Crippen LogP contribution is -1.93. The highest BCUT2D eigenvalue weighted by Crippen LogP contribution is 2.38. The van der Waals surface area contributed by atoms with E-state index in [0.29, 0.717) is 0 Å². The molecule has 0 fully saturated rings. The quantitative estimate of drug-likeness (QED) is 0.168. The van der Waals surface area contributed by atoms with Crippen molar-refractivity contribution in [2.75, 3.05) is 0 Å². The minimum atomic E-state index is 0.915. The Labute approximate surface area is 325 Å². The van der Waals surface area contributed by atoms with Crippen LogP contribution in [0.5, 0.6) is 0 Å². The number of para-hydroxylation sites is 2. The summed E-state index contributed by atoms with van der Waals surface area (Å²) in [5.74, 6) is 0. The molecule has 2 heterocycles. The van der Waals surface area contributed by atoms with E-state index in [1.54, 1.807) is 0 Å². The molecular formula is C54H35NO. The van der Waals surface area contributed by atoms with Gasteiger partial charge in [-0.1, -0.05) is 146 Å². The third kappa shape index (κ3) is 5.51. The van der Waals surface area contributed by atoms with E-state index in [4.69, 9.17) is 4.42 Å². The fourth-order valence-corrected chi connectivity index (χ4v) is 8.40. The van der Waals surface area contributed by atoms with Gasteiger partial charge in [0, 0.05) is 27.2 Å². The molecule has 0 aliphatic carbocycles. The first-order valence-electron chi connectivity index (χ1n) is 19.2. The molecule has 0 atom stereocenters. The van der Waals surface area contributed by atoms with E-state index < -0.39 is 0 Å². The molecule has 0 N–H and O–H groups in total. The molecule has 2 nitrogen and oxygen atoms in total. The van der Waals surface area contributed by atoms with Gasteiger partial charge in [-0.2, -0.15) is 0 Å². The zero-order valence-electron chi connectivity index (χ0n) is 30.6. The fourth-order valence-electron chi connectivity index (χ4n) is 8.40. The van der Waals surface area contributed by atoms with E-state index in [1.165, 1.54) is 77.4 Å². The lowest BCUT2D eigenvalue weighted by Gasteiger charge is -2.11. The Kier molecular flexibility index (Phi) is 7.53. The summed E-state index contributed by atoms with van der Waals surface area (Å²) in [6.45, 7) is 0. The van der Waals surface area contributed by atoms with Gasteiger partial charge in [0.1, 0.15) is 11.2 Å². The number of hydrogen-bond acceptors (Lipinski definition) is 1. The van der Waals surface area contributed by atoms with Gasteiger partial charge in [-0.15, -0.1) is 0 Å². The predicted octanol–water partition coefficient (Wildman–Crippen LogP) is 15.0. The van der Waals surface area contributed by atoms with Gasteiger partial charge in [0.05, 0.1) is 11.0 Å². The van der Waals surface area contributed by atoms with Gasteiger partial charge in [0.25, 0.3) is 0 Å². The maximum Gasteiger partial charge on any atom is 0.135 e. The topological polar surface area (TPSA) is 18.1 Å². The van der Waals surface area contributed by atoms with Crippen molar-refractivity contribution in [1.29, 1.82) is 0 Å². The second kappa shape index (κ2) is 13.2. The molecule has 56 heavy (non-hydrogen) atoms. The largest absolute Gasteiger partial charge is 0.456 e. The number of fused-ring (bicyclic) bond motifs is 6. The molecule has 11 aromatic rings. The van der Waals surface area contributed by atoms with Crippen LogP contribution in [0.15, 0.2) is 217 Å². The van der Waals surface area contributed by atoms with E-state index >= 15 is 0 Å². The molecule has 0 radical (unpaired) electrons. The highest BCUT2D eigenvalue weighted by atomic mass is 16.3. The molecule has 0 saturated heterocycles. The molecule has 0 aliphatic rings. The molecule has 11 rings (SSSR count). The predicted molar refractivity (Wildman–Crippen MR) is 235 cm³/mol. The Morgan fingerprint density at radius 3 is 1.34 bits per heavy atom. The second-order valence-electron chi connectivity index (χ2n) is 14.5.